The molecule has 0 fully saturated rings. The molecular formula is C15H15NO3S. The van der Waals surface area contributed by atoms with Gasteiger partial charge in [0.2, 0.25) is 0 Å². The minimum atomic E-state index is -0.626. The van der Waals surface area contributed by atoms with E-state index >= 15 is 0 Å². The van der Waals surface area contributed by atoms with Crippen LogP contribution in [0.3, 0.4) is 0 Å². The Morgan fingerprint density at radius 2 is 1.75 bits per heavy atom. The molecular weight excluding hydrogens is 274 g/mol. The fourth-order valence-electron chi connectivity index (χ4n) is 1.72. The maximum absolute atomic E-state index is 11.7. The zero-order chi connectivity index (χ0) is 14.5. The van der Waals surface area contributed by atoms with Crippen molar-refractivity contribution in [2.45, 2.75) is 18.7 Å². The van der Waals surface area contributed by atoms with Gasteiger partial charge < -0.3 is 9.84 Å². The summed E-state index contributed by atoms with van der Waals surface area (Å²) in [4.78, 5) is 12.7. The van der Waals surface area contributed by atoms with Crippen LogP contribution in [0, 0.1) is 13.8 Å². The average molecular weight is 289 g/mol. The molecule has 2 rings (SSSR count). The molecule has 0 heterocycles. The average Bonchev–Trinajstić information content (AvgIpc) is 2.41. The topological polar surface area (TPSA) is 58.6 Å². The Morgan fingerprint density at radius 3 is 2.40 bits per heavy atom. The molecule has 0 aromatic heterocycles. The van der Waals surface area contributed by atoms with Gasteiger partial charge in [-0.1, -0.05) is 30.3 Å². The van der Waals surface area contributed by atoms with E-state index in [1.54, 1.807) is 12.1 Å². The van der Waals surface area contributed by atoms with Crippen LogP contribution in [0.15, 0.2) is 47.4 Å². The van der Waals surface area contributed by atoms with Gasteiger partial charge in [-0.2, -0.15) is 0 Å². The van der Waals surface area contributed by atoms with Crippen molar-refractivity contribution >= 4 is 18.0 Å². The van der Waals surface area contributed by atoms with E-state index in [1.165, 1.54) is 24.1 Å². The molecule has 0 saturated carbocycles. The number of para-hydroxylation sites is 2. The van der Waals surface area contributed by atoms with Crippen LogP contribution in [0.5, 0.6) is 11.5 Å². The highest BCUT2D eigenvalue weighted by molar-refractivity contribution is 7.98. The Hall–Kier alpha value is -2.14. The van der Waals surface area contributed by atoms with Crippen molar-refractivity contribution in [1.82, 2.24) is 4.72 Å². The summed E-state index contributed by atoms with van der Waals surface area (Å²) < 4.78 is 7.63. The molecule has 0 aliphatic heterocycles. The summed E-state index contributed by atoms with van der Waals surface area (Å²) in [6.45, 7) is 3.96. The lowest BCUT2D eigenvalue weighted by Crippen LogP contribution is -2.20. The minimum Gasteiger partial charge on any atom is -0.504 e. The Morgan fingerprint density at radius 1 is 1.10 bits per heavy atom. The number of phenolic OH excluding ortho intramolecular Hbond substituents is 1. The lowest BCUT2D eigenvalue weighted by Gasteiger charge is -2.10. The first-order valence-corrected chi connectivity index (χ1v) is 6.88. The van der Waals surface area contributed by atoms with Crippen LogP contribution in [0.4, 0.5) is 4.79 Å². The molecule has 104 valence electrons. The molecule has 2 N–H and O–H groups in total. The van der Waals surface area contributed by atoms with E-state index in [-0.39, 0.29) is 11.5 Å². The van der Waals surface area contributed by atoms with Gasteiger partial charge in [0.05, 0.1) is 0 Å². The first-order valence-electron chi connectivity index (χ1n) is 6.07. The SMILES string of the molecule is Cc1cccc(C)c1SNC(=O)Oc1ccccc1O. The number of hydrogen-bond donors (Lipinski definition) is 2. The maximum atomic E-state index is 11.7. The Bertz CT molecular complexity index is 608. The zero-order valence-corrected chi connectivity index (χ0v) is 12.0. The second-order valence-electron chi connectivity index (χ2n) is 4.28. The van der Waals surface area contributed by atoms with Gasteiger partial charge in [0.15, 0.2) is 11.5 Å². The van der Waals surface area contributed by atoms with Gasteiger partial charge in [-0.05, 0) is 49.1 Å². The van der Waals surface area contributed by atoms with Crippen LogP contribution in [0.1, 0.15) is 11.1 Å². The van der Waals surface area contributed by atoms with Gasteiger partial charge >= 0.3 is 6.09 Å². The van der Waals surface area contributed by atoms with Gasteiger partial charge in [0.25, 0.3) is 0 Å². The monoisotopic (exact) mass is 289 g/mol. The molecule has 0 aliphatic carbocycles. The highest BCUT2D eigenvalue weighted by atomic mass is 32.2. The molecule has 0 unspecified atom stereocenters. The van der Waals surface area contributed by atoms with Crippen molar-refractivity contribution in [3.05, 3.63) is 53.6 Å². The molecule has 0 bridgehead atoms. The second-order valence-corrected chi connectivity index (χ2v) is 5.10. The third-order valence-corrected chi connectivity index (χ3v) is 3.83. The van der Waals surface area contributed by atoms with Gasteiger partial charge in [-0.25, -0.2) is 4.79 Å². The number of aryl methyl sites for hydroxylation is 2. The smallest absolute Gasteiger partial charge is 0.423 e. The number of benzene rings is 2. The molecule has 4 nitrogen and oxygen atoms in total. The Balaban J connectivity index is 1.98. The number of nitrogens with one attached hydrogen (secondary N) is 1. The summed E-state index contributed by atoms with van der Waals surface area (Å²) in [5.41, 5.74) is 2.16. The summed E-state index contributed by atoms with van der Waals surface area (Å²) in [6, 6.07) is 12.2. The van der Waals surface area contributed by atoms with Gasteiger partial charge in [-0.3, -0.25) is 4.72 Å². The molecule has 0 saturated heterocycles. The van der Waals surface area contributed by atoms with Crippen molar-refractivity contribution in [3.63, 3.8) is 0 Å². The van der Waals surface area contributed by atoms with Crippen LogP contribution in [0.25, 0.3) is 0 Å². The second kappa shape index (κ2) is 6.34. The van der Waals surface area contributed by atoms with E-state index in [0.29, 0.717) is 0 Å². The quantitative estimate of drug-likeness (QED) is 0.844. The summed E-state index contributed by atoms with van der Waals surface area (Å²) >= 11 is 1.20. The van der Waals surface area contributed by atoms with Crippen molar-refractivity contribution in [3.8, 4) is 11.5 Å². The fourth-order valence-corrected chi connectivity index (χ4v) is 2.40. The zero-order valence-electron chi connectivity index (χ0n) is 11.2. The van der Waals surface area contributed by atoms with E-state index in [9.17, 15) is 9.90 Å². The number of hydrogen-bond acceptors (Lipinski definition) is 4. The third kappa shape index (κ3) is 3.45. The standard InChI is InChI=1S/C15H15NO3S/c1-10-6-5-7-11(2)14(10)20-16-15(18)19-13-9-4-3-8-12(13)17/h3-9,17H,1-2H3,(H,16,18). The van der Waals surface area contributed by atoms with Crippen LogP contribution < -0.4 is 9.46 Å². The van der Waals surface area contributed by atoms with Crippen molar-refractivity contribution < 1.29 is 14.6 Å². The Kier molecular flexibility index (Phi) is 4.53. The van der Waals surface area contributed by atoms with Crippen LogP contribution in [-0.2, 0) is 0 Å². The largest absolute Gasteiger partial charge is 0.504 e. The van der Waals surface area contributed by atoms with Gasteiger partial charge in [-0.15, -0.1) is 0 Å². The van der Waals surface area contributed by atoms with E-state index < -0.39 is 6.09 Å². The van der Waals surface area contributed by atoms with Crippen LogP contribution in [-0.4, -0.2) is 11.2 Å². The van der Waals surface area contributed by atoms with E-state index in [2.05, 4.69) is 4.72 Å². The molecule has 0 aliphatic rings. The number of ether oxygens (including phenoxy) is 1. The molecule has 5 heteroatoms. The number of carbonyl (C=O) groups excluding carboxylic acids is 1. The van der Waals surface area contributed by atoms with E-state index in [1.807, 2.05) is 32.0 Å². The first-order chi connectivity index (χ1) is 9.58. The highest BCUT2D eigenvalue weighted by Crippen LogP contribution is 2.26. The number of amides is 1. The lowest BCUT2D eigenvalue weighted by atomic mass is 10.2. The lowest BCUT2D eigenvalue weighted by molar-refractivity contribution is 0.205. The summed E-state index contributed by atoms with van der Waals surface area (Å²) in [7, 11) is 0. The molecule has 0 radical (unpaired) electrons. The fraction of sp³-hybridized carbons (Fsp3) is 0.133. The summed E-state index contributed by atoms with van der Waals surface area (Å²) in [6.07, 6.45) is -0.626. The normalized spacial score (nSPS) is 10.1. The number of rotatable bonds is 3. The van der Waals surface area contributed by atoms with E-state index in [4.69, 9.17) is 4.74 Å². The van der Waals surface area contributed by atoms with Crippen LogP contribution in [0.2, 0.25) is 0 Å². The Labute approximate surface area is 121 Å². The molecule has 0 spiro atoms. The summed E-state index contributed by atoms with van der Waals surface area (Å²) in [5.74, 6) is 0.0619. The minimum absolute atomic E-state index is 0.0697. The van der Waals surface area contributed by atoms with Crippen molar-refractivity contribution in [1.29, 1.82) is 0 Å². The maximum Gasteiger partial charge on any atom is 0.423 e. The van der Waals surface area contributed by atoms with Gasteiger partial charge in [0, 0.05) is 4.90 Å². The number of carbonyl (C=O) groups is 1. The molecule has 20 heavy (non-hydrogen) atoms. The molecule has 2 aromatic rings. The van der Waals surface area contributed by atoms with Crippen molar-refractivity contribution in [2.24, 2.45) is 0 Å². The molecule has 0 atom stereocenters. The number of aromatic hydroxyl groups is 1. The predicted molar refractivity (Wildman–Crippen MR) is 79.0 cm³/mol. The van der Waals surface area contributed by atoms with Gasteiger partial charge in [0.1, 0.15) is 0 Å². The molecule has 2 aromatic carbocycles. The summed E-state index contributed by atoms with van der Waals surface area (Å²) in [5, 5.41) is 9.52. The highest BCUT2D eigenvalue weighted by Gasteiger charge is 2.10. The van der Waals surface area contributed by atoms with E-state index in [0.717, 1.165) is 16.0 Å². The molecule has 1 amide bonds. The first kappa shape index (κ1) is 14.3. The predicted octanol–water partition coefficient (Wildman–Crippen LogP) is 3.80. The van der Waals surface area contributed by atoms with Crippen molar-refractivity contribution in [2.75, 3.05) is 0 Å². The third-order valence-electron chi connectivity index (χ3n) is 2.71. The van der Waals surface area contributed by atoms with Crippen LogP contribution >= 0.6 is 11.9 Å². The number of phenols is 1.